The number of carbonyl (C=O) groups excluding carboxylic acids is 2. The first kappa shape index (κ1) is 18.9. The summed E-state index contributed by atoms with van der Waals surface area (Å²) in [5.74, 6) is 0.0664. The summed E-state index contributed by atoms with van der Waals surface area (Å²) >= 11 is 0. The van der Waals surface area contributed by atoms with Crippen LogP contribution < -0.4 is 5.32 Å². The molecule has 1 saturated heterocycles. The molecule has 2 heterocycles. The van der Waals surface area contributed by atoms with Crippen molar-refractivity contribution in [1.29, 1.82) is 0 Å². The van der Waals surface area contributed by atoms with Gasteiger partial charge in [0.05, 0.1) is 30.7 Å². The molecule has 24 heavy (non-hydrogen) atoms. The molecule has 1 saturated carbocycles. The van der Waals surface area contributed by atoms with Crippen molar-refractivity contribution in [3.05, 3.63) is 11.9 Å². The number of carbonyl (C=O) groups is 2. The fourth-order valence-electron chi connectivity index (χ4n) is 3.49. The standard InChI is InChI=1S/C16H25N5O2.BrH/c1-12-14(9-17-19(12)2)18-15(22)10-20-7-8-21(16(23)11-20)13-5-3-4-6-13;/h9,13H,3-8,10-11H2,1-2H3,(H,18,22);1H. The number of aromatic nitrogens is 2. The minimum atomic E-state index is -0.0942. The third kappa shape index (κ3) is 4.16. The van der Waals surface area contributed by atoms with E-state index in [1.54, 1.807) is 10.9 Å². The highest BCUT2D eigenvalue weighted by Gasteiger charge is 2.31. The lowest BCUT2D eigenvalue weighted by Gasteiger charge is -2.37. The van der Waals surface area contributed by atoms with E-state index in [4.69, 9.17) is 0 Å². The van der Waals surface area contributed by atoms with Crippen molar-refractivity contribution in [2.24, 2.45) is 7.05 Å². The molecule has 0 bridgehead atoms. The molecule has 1 aromatic heterocycles. The van der Waals surface area contributed by atoms with E-state index in [1.165, 1.54) is 12.8 Å². The third-order valence-corrected chi connectivity index (χ3v) is 4.98. The van der Waals surface area contributed by atoms with Gasteiger partial charge in [-0.05, 0) is 19.8 Å². The Balaban J connectivity index is 0.00000208. The number of nitrogens with one attached hydrogen (secondary N) is 1. The van der Waals surface area contributed by atoms with Crippen LogP contribution in [0.3, 0.4) is 0 Å². The van der Waals surface area contributed by atoms with Crippen LogP contribution in [0, 0.1) is 6.92 Å². The lowest BCUT2D eigenvalue weighted by Crippen LogP contribution is -2.54. The molecule has 0 unspecified atom stereocenters. The Hall–Kier alpha value is -1.41. The van der Waals surface area contributed by atoms with Gasteiger partial charge in [0.15, 0.2) is 0 Å². The molecular weight excluding hydrogens is 374 g/mol. The second-order valence-electron chi connectivity index (χ2n) is 6.55. The van der Waals surface area contributed by atoms with Crippen LogP contribution in [0.2, 0.25) is 0 Å². The predicted molar refractivity (Wildman–Crippen MR) is 97.3 cm³/mol. The Morgan fingerprint density at radius 3 is 2.62 bits per heavy atom. The van der Waals surface area contributed by atoms with Gasteiger partial charge in [-0.15, -0.1) is 17.0 Å². The van der Waals surface area contributed by atoms with Gasteiger partial charge in [-0.3, -0.25) is 19.2 Å². The number of amides is 2. The molecule has 0 aromatic carbocycles. The zero-order valence-corrected chi connectivity index (χ0v) is 16.0. The molecule has 0 atom stereocenters. The van der Waals surface area contributed by atoms with Crippen molar-refractivity contribution in [1.82, 2.24) is 19.6 Å². The summed E-state index contributed by atoms with van der Waals surface area (Å²) < 4.78 is 1.72. The largest absolute Gasteiger partial charge is 0.337 e. The number of nitrogens with zero attached hydrogens (tertiary/aromatic N) is 4. The van der Waals surface area contributed by atoms with Crippen LogP contribution in [-0.2, 0) is 16.6 Å². The maximum atomic E-state index is 12.3. The number of aryl methyl sites for hydroxylation is 1. The maximum Gasteiger partial charge on any atom is 0.238 e. The SMILES string of the molecule is Br.Cc1c(NC(=O)CN2CCN(C3CCCC3)C(=O)C2)cnn1C. The number of rotatable bonds is 4. The highest BCUT2D eigenvalue weighted by Crippen LogP contribution is 2.24. The Kier molecular flexibility index (Phi) is 6.40. The Labute approximate surface area is 153 Å². The van der Waals surface area contributed by atoms with Crippen molar-refractivity contribution >= 4 is 34.5 Å². The normalized spacial score (nSPS) is 19.4. The lowest BCUT2D eigenvalue weighted by atomic mass is 10.1. The number of hydrogen-bond acceptors (Lipinski definition) is 4. The molecule has 0 radical (unpaired) electrons. The van der Waals surface area contributed by atoms with Gasteiger partial charge in [0, 0.05) is 26.2 Å². The molecule has 2 aliphatic rings. The van der Waals surface area contributed by atoms with Crippen LogP contribution in [0.1, 0.15) is 31.4 Å². The zero-order chi connectivity index (χ0) is 16.4. The number of anilines is 1. The van der Waals surface area contributed by atoms with E-state index >= 15 is 0 Å². The second kappa shape index (κ2) is 8.11. The van der Waals surface area contributed by atoms with Crippen LogP contribution in [0.15, 0.2) is 6.20 Å². The Morgan fingerprint density at radius 1 is 1.33 bits per heavy atom. The van der Waals surface area contributed by atoms with Gasteiger partial charge in [0.25, 0.3) is 0 Å². The summed E-state index contributed by atoms with van der Waals surface area (Å²) in [6, 6.07) is 0.427. The van der Waals surface area contributed by atoms with Gasteiger partial charge < -0.3 is 10.2 Å². The van der Waals surface area contributed by atoms with Crippen molar-refractivity contribution in [3.63, 3.8) is 0 Å². The van der Waals surface area contributed by atoms with E-state index in [0.29, 0.717) is 12.6 Å². The summed E-state index contributed by atoms with van der Waals surface area (Å²) in [5, 5.41) is 6.98. The lowest BCUT2D eigenvalue weighted by molar-refractivity contribution is -0.139. The summed E-state index contributed by atoms with van der Waals surface area (Å²) in [4.78, 5) is 28.4. The first-order valence-corrected chi connectivity index (χ1v) is 8.35. The number of piperazine rings is 1. The van der Waals surface area contributed by atoms with Gasteiger partial charge in [0.1, 0.15) is 0 Å². The van der Waals surface area contributed by atoms with Crippen molar-refractivity contribution in [3.8, 4) is 0 Å². The van der Waals surface area contributed by atoms with E-state index < -0.39 is 0 Å². The summed E-state index contributed by atoms with van der Waals surface area (Å²) in [7, 11) is 1.84. The second-order valence-corrected chi connectivity index (χ2v) is 6.55. The van der Waals surface area contributed by atoms with E-state index in [0.717, 1.165) is 37.3 Å². The van der Waals surface area contributed by atoms with E-state index in [2.05, 4.69) is 10.4 Å². The van der Waals surface area contributed by atoms with Crippen molar-refractivity contribution in [2.45, 2.75) is 38.6 Å². The molecule has 8 heteroatoms. The first-order chi connectivity index (χ1) is 11.0. The molecule has 3 rings (SSSR count). The minimum Gasteiger partial charge on any atom is -0.337 e. The monoisotopic (exact) mass is 399 g/mol. The number of halogens is 1. The smallest absolute Gasteiger partial charge is 0.238 e. The summed E-state index contributed by atoms with van der Waals surface area (Å²) in [6.07, 6.45) is 6.37. The molecule has 0 spiro atoms. The van der Waals surface area contributed by atoms with Crippen molar-refractivity contribution in [2.75, 3.05) is 31.5 Å². The van der Waals surface area contributed by atoms with Gasteiger partial charge in [-0.1, -0.05) is 12.8 Å². The molecular formula is C16H26BrN5O2. The van der Waals surface area contributed by atoms with Gasteiger partial charge >= 0.3 is 0 Å². The zero-order valence-electron chi connectivity index (χ0n) is 14.3. The Bertz CT molecular complexity index is 597. The molecule has 2 amide bonds. The molecule has 1 aliphatic carbocycles. The van der Waals surface area contributed by atoms with Gasteiger partial charge in [-0.25, -0.2) is 0 Å². The Morgan fingerprint density at radius 2 is 2.04 bits per heavy atom. The predicted octanol–water partition coefficient (Wildman–Crippen LogP) is 1.33. The fourth-order valence-corrected chi connectivity index (χ4v) is 3.49. The van der Waals surface area contributed by atoms with Gasteiger partial charge in [0.2, 0.25) is 11.8 Å². The summed E-state index contributed by atoms with van der Waals surface area (Å²) in [5.41, 5.74) is 1.65. The fraction of sp³-hybridized carbons (Fsp3) is 0.688. The molecule has 1 aliphatic heterocycles. The van der Waals surface area contributed by atoms with E-state index in [9.17, 15) is 9.59 Å². The molecule has 1 N–H and O–H groups in total. The van der Waals surface area contributed by atoms with E-state index in [1.807, 2.05) is 23.8 Å². The quantitative estimate of drug-likeness (QED) is 0.828. The molecule has 2 fully saturated rings. The topological polar surface area (TPSA) is 70.5 Å². The maximum absolute atomic E-state index is 12.3. The van der Waals surface area contributed by atoms with Crippen LogP contribution in [0.4, 0.5) is 5.69 Å². The number of hydrogen-bond donors (Lipinski definition) is 1. The highest BCUT2D eigenvalue weighted by molar-refractivity contribution is 8.93. The first-order valence-electron chi connectivity index (χ1n) is 8.35. The molecule has 7 nitrogen and oxygen atoms in total. The third-order valence-electron chi connectivity index (χ3n) is 4.98. The minimum absolute atomic E-state index is 0. The molecule has 134 valence electrons. The molecule has 1 aromatic rings. The van der Waals surface area contributed by atoms with Crippen LogP contribution >= 0.6 is 17.0 Å². The van der Waals surface area contributed by atoms with E-state index in [-0.39, 0.29) is 35.3 Å². The van der Waals surface area contributed by atoms with Gasteiger partial charge in [-0.2, -0.15) is 5.10 Å². The average molecular weight is 400 g/mol. The average Bonchev–Trinajstić information content (AvgIpc) is 3.13. The van der Waals surface area contributed by atoms with Crippen LogP contribution in [0.5, 0.6) is 0 Å². The van der Waals surface area contributed by atoms with Crippen LogP contribution in [-0.4, -0.2) is 63.6 Å². The highest BCUT2D eigenvalue weighted by atomic mass is 79.9. The summed E-state index contributed by atoms with van der Waals surface area (Å²) in [6.45, 7) is 4.01. The van der Waals surface area contributed by atoms with Crippen LogP contribution in [0.25, 0.3) is 0 Å². The van der Waals surface area contributed by atoms with Crippen molar-refractivity contribution < 1.29 is 9.59 Å².